The Kier molecular flexibility index (Phi) is 4.57. The number of aliphatic hydroxyl groups is 1. The van der Waals surface area contributed by atoms with Gasteiger partial charge in [-0.15, -0.1) is 11.3 Å². The summed E-state index contributed by atoms with van der Waals surface area (Å²) < 4.78 is 1.64. The summed E-state index contributed by atoms with van der Waals surface area (Å²) in [6, 6.07) is 1.60. The van der Waals surface area contributed by atoms with Gasteiger partial charge in [0.1, 0.15) is 0 Å². The zero-order chi connectivity index (χ0) is 17.5. The smallest absolute Gasteiger partial charge is 0.259 e. The first kappa shape index (κ1) is 17.6. The van der Waals surface area contributed by atoms with E-state index in [1.54, 1.807) is 10.5 Å². The predicted octanol–water partition coefficient (Wildman–Crippen LogP) is 2.73. The van der Waals surface area contributed by atoms with E-state index in [0.717, 1.165) is 29.2 Å². The molecule has 0 radical (unpaired) electrons. The molecular weight excluding hydrogens is 322 g/mol. The van der Waals surface area contributed by atoms with Crippen LogP contribution in [0.2, 0.25) is 0 Å². The fraction of sp³-hybridized carbons (Fsp3) is 0.667. The van der Waals surface area contributed by atoms with E-state index in [1.165, 1.54) is 17.8 Å². The molecule has 2 aromatic rings. The van der Waals surface area contributed by atoms with Crippen molar-refractivity contribution in [1.29, 1.82) is 0 Å². The Morgan fingerprint density at radius 1 is 1.46 bits per heavy atom. The fourth-order valence-electron chi connectivity index (χ4n) is 4.52. The number of hydrogen-bond donors (Lipinski definition) is 2. The monoisotopic (exact) mass is 349 g/mol. The number of fused-ring (bicyclic) bond motifs is 1. The maximum atomic E-state index is 12.3. The van der Waals surface area contributed by atoms with E-state index in [2.05, 4.69) is 31.1 Å². The lowest BCUT2D eigenvalue weighted by molar-refractivity contribution is 0.0350. The second-order valence-corrected chi connectivity index (χ2v) is 9.06. The maximum Gasteiger partial charge on any atom is 0.259 e. The van der Waals surface area contributed by atoms with E-state index in [4.69, 9.17) is 0 Å². The molecule has 3 rings (SSSR count). The quantitative estimate of drug-likeness (QED) is 0.891. The van der Waals surface area contributed by atoms with Gasteiger partial charge < -0.3 is 10.4 Å². The molecule has 0 spiro atoms. The molecule has 2 heterocycles. The molecule has 1 fully saturated rings. The summed E-state index contributed by atoms with van der Waals surface area (Å²) in [4.78, 5) is 17.6. The lowest BCUT2D eigenvalue weighted by Gasteiger charge is -2.47. The van der Waals surface area contributed by atoms with Gasteiger partial charge in [-0.2, -0.15) is 0 Å². The Morgan fingerprint density at radius 3 is 2.88 bits per heavy atom. The lowest BCUT2D eigenvalue weighted by Crippen LogP contribution is -2.55. The first-order chi connectivity index (χ1) is 11.2. The average Bonchev–Trinajstić information content (AvgIpc) is 2.85. The molecule has 132 valence electrons. The van der Waals surface area contributed by atoms with Crippen molar-refractivity contribution in [2.24, 2.45) is 11.3 Å². The Balaban J connectivity index is 1.82. The van der Waals surface area contributed by atoms with Crippen molar-refractivity contribution in [2.45, 2.75) is 59.0 Å². The Labute approximate surface area is 146 Å². The summed E-state index contributed by atoms with van der Waals surface area (Å²) >= 11 is 1.48. The molecule has 2 unspecified atom stereocenters. The molecule has 1 aliphatic rings. The van der Waals surface area contributed by atoms with E-state index in [0.29, 0.717) is 12.5 Å². The molecule has 2 aromatic heterocycles. The highest BCUT2D eigenvalue weighted by Gasteiger charge is 2.42. The van der Waals surface area contributed by atoms with Gasteiger partial charge in [0.15, 0.2) is 4.96 Å². The van der Waals surface area contributed by atoms with Crippen molar-refractivity contribution in [3.05, 3.63) is 33.2 Å². The number of nitrogens with zero attached hydrogens (tertiary/aromatic N) is 2. The summed E-state index contributed by atoms with van der Waals surface area (Å²) in [5.41, 5.74) is 1.53. The summed E-state index contributed by atoms with van der Waals surface area (Å²) in [6.45, 7) is 9.31. The topological polar surface area (TPSA) is 66.6 Å². The molecule has 0 amide bonds. The van der Waals surface area contributed by atoms with Crippen LogP contribution in [0.15, 0.2) is 16.2 Å². The molecule has 1 aliphatic carbocycles. The van der Waals surface area contributed by atoms with Gasteiger partial charge in [0, 0.05) is 29.2 Å². The third-order valence-corrected chi connectivity index (χ3v) is 5.98. The van der Waals surface area contributed by atoms with Crippen molar-refractivity contribution in [3.63, 3.8) is 0 Å². The van der Waals surface area contributed by atoms with Crippen LogP contribution in [0.25, 0.3) is 4.96 Å². The van der Waals surface area contributed by atoms with Crippen LogP contribution in [0.4, 0.5) is 0 Å². The van der Waals surface area contributed by atoms with Crippen LogP contribution >= 0.6 is 11.3 Å². The number of hydrogen-bond acceptors (Lipinski definition) is 5. The van der Waals surface area contributed by atoms with Crippen LogP contribution in [-0.4, -0.2) is 26.6 Å². The molecule has 2 N–H and O–H groups in total. The third-order valence-electron chi connectivity index (χ3n) is 5.03. The van der Waals surface area contributed by atoms with Crippen LogP contribution < -0.4 is 10.9 Å². The van der Waals surface area contributed by atoms with Gasteiger partial charge in [-0.25, -0.2) is 4.98 Å². The number of aromatic nitrogens is 2. The van der Waals surface area contributed by atoms with Crippen molar-refractivity contribution < 1.29 is 5.11 Å². The molecule has 1 saturated carbocycles. The first-order valence-electron chi connectivity index (χ1n) is 8.56. The summed E-state index contributed by atoms with van der Waals surface area (Å²) in [7, 11) is 0. The fourth-order valence-corrected chi connectivity index (χ4v) is 5.41. The van der Waals surface area contributed by atoms with Gasteiger partial charge in [0.05, 0.1) is 12.3 Å². The minimum Gasteiger partial charge on any atom is -0.394 e. The molecule has 5 nitrogen and oxygen atoms in total. The SMILES string of the molecule is Cc1csc2nc(CNC3(CO)CC(C)CC(C)(C)C3)cc(=O)n12. The highest BCUT2D eigenvalue weighted by molar-refractivity contribution is 7.15. The van der Waals surface area contributed by atoms with Crippen molar-refractivity contribution in [3.8, 4) is 0 Å². The normalized spacial score (nSPS) is 26.8. The zero-order valence-corrected chi connectivity index (χ0v) is 15.7. The number of rotatable bonds is 4. The average molecular weight is 350 g/mol. The maximum absolute atomic E-state index is 12.3. The van der Waals surface area contributed by atoms with E-state index in [9.17, 15) is 9.90 Å². The number of aryl methyl sites for hydroxylation is 1. The van der Waals surface area contributed by atoms with Gasteiger partial charge in [-0.3, -0.25) is 9.20 Å². The van der Waals surface area contributed by atoms with Crippen molar-refractivity contribution in [2.75, 3.05) is 6.61 Å². The molecule has 6 heteroatoms. The molecule has 0 aliphatic heterocycles. The van der Waals surface area contributed by atoms with Crippen LogP contribution in [0, 0.1) is 18.3 Å². The number of aliphatic hydroxyl groups excluding tert-OH is 1. The number of nitrogens with one attached hydrogen (secondary N) is 1. The molecular formula is C18H27N3O2S. The van der Waals surface area contributed by atoms with Gasteiger partial charge in [-0.1, -0.05) is 20.8 Å². The molecule has 0 bridgehead atoms. The molecule has 2 atom stereocenters. The van der Waals surface area contributed by atoms with Crippen LogP contribution in [0.3, 0.4) is 0 Å². The minimum absolute atomic E-state index is 0.0362. The van der Waals surface area contributed by atoms with Gasteiger partial charge in [0.25, 0.3) is 5.56 Å². The summed E-state index contributed by atoms with van der Waals surface area (Å²) in [5, 5.41) is 15.5. The van der Waals surface area contributed by atoms with E-state index >= 15 is 0 Å². The van der Waals surface area contributed by atoms with E-state index < -0.39 is 0 Å². The largest absolute Gasteiger partial charge is 0.394 e. The standard InChI is InChI=1S/C18H27N3O2S/c1-12-6-17(3,4)10-18(7-12,11-22)19-8-14-5-15(23)21-13(2)9-24-16(21)20-14/h5,9,12,19,22H,6-8,10-11H2,1-4H3. The van der Waals surface area contributed by atoms with Crippen molar-refractivity contribution >= 4 is 16.3 Å². The van der Waals surface area contributed by atoms with Crippen molar-refractivity contribution in [1.82, 2.24) is 14.7 Å². The van der Waals surface area contributed by atoms with Crippen LogP contribution in [0.1, 0.15) is 51.4 Å². The molecule has 0 saturated heterocycles. The van der Waals surface area contributed by atoms with Gasteiger partial charge in [-0.05, 0) is 37.5 Å². The van der Waals surface area contributed by atoms with Crippen LogP contribution in [-0.2, 0) is 6.54 Å². The van der Waals surface area contributed by atoms with Gasteiger partial charge >= 0.3 is 0 Å². The van der Waals surface area contributed by atoms with E-state index in [1.807, 2.05) is 12.3 Å². The highest BCUT2D eigenvalue weighted by atomic mass is 32.1. The third kappa shape index (κ3) is 3.41. The second kappa shape index (κ2) is 6.24. The Hall–Kier alpha value is -1.24. The highest BCUT2D eigenvalue weighted by Crippen LogP contribution is 2.43. The summed E-state index contributed by atoms with van der Waals surface area (Å²) in [6.07, 6.45) is 3.06. The summed E-state index contributed by atoms with van der Waals surface area (Å²) in [5.74, 6) is 0.564. The van der Waals surface area contributed by atoms with Crippen LogP contribution in [0.5, 0.6) is 0 Å². The molecule has 24 heavy (non-hydrogen) atoms. The predicted molar refractivity (Wildman–Crippen MR) is 97.5 cm³/mol. The Bertz CT molecular complexity index is 795. The molecule has 0 aromatic carbocycles. The lowest BCUT2D eigenvalue weighted by atomic mass is 9.64. The van der Waals surface area contributed by atoms with Gasteiger partial charge in [0.2, 0.25) is 0 Å². The Morgan fingerprint density at radius 2 is 2.21 bits per heavy atom. The second-order valence-electron chi connectivity index (χ2n) is 8.23. The van der Waals surface area contributed by atoms with E-state index in [-0.39, 0.29) is 23.1 Å². The minimum atomic E-state index is -0.292. The first-order valence-corrected chi connectivity index (χ1v) is 9.44. The zero-order valence-electron chi connectivity index (χ0n) is 14.9. The number of thiazole rings is 1.